The summed E-state index contributed by atoms with van der Waals surface area (Å²) in [7, 11) is 1.56. The maximum Gasteiger partial charge on any atom is 0.266 e. The molecule has 5 nitrogen and oxygen atoms in total. The molecular weight excluding hydrogens is 346 g/mol. The highest BCUT2D eigenvalue weighted by Gasteiger charge is 2.32. The normalized spacial score (nSPS) is 16.2. The molecule has 0 aliphatic carbocycles. The molecule has 24 heavy (non-hydrogen) atoms. The lowest BCUT2D eigenvalue weighted by Gasteiger charge is -2.14. The largest absolute Gasteiger partial charge is 0.548 e. The molecule has 7 heteroatoms. The number of hydrogen-bond acceptors (Lipinski definition) is 6. The Morgan fingerprint density at radius 2 is 2.08 bits per heavy atom. The van der Waals surface area contributed by atoms with Gasteiger partial charge in [-0.2, -0.15) is 0 Å². The van der Waals surface area contributed by atoms with Gasteiger partial charge in [-0.3, -0.25) is 9.69 Å². The molecule has 1 aliphatic heterocycles. The molecule has 0 atom stereocenters. The predicted molar refractivity (Wildman–Crippen MR) is 95.4 cm³/mol. The first-order chi connectivity index (χ1) is 11.5. The SMILES string of the molecule is COc1ccc2ccccc2c1/C=C1\SC(=S)N(CC(=O)[O-])C1=O. The Balaban J connectivity index is 2.09. The van der Waals surface area contributed by atoms with E-state index in [1.54, 1.807) is 13.2 Å². The highest BCUT2D eigenvalue weighted by molar-refractivity contribution is 8.26. The molecule has 0 saturated carbocycles. The Labute approximate surface area is 147 Å². The van der Waals surface area contributed by atoms with Crippen LogP contribution in [0, 0.1) is 0 Å². The van der Waals surface area contributed by atoms with Gasteiger partial charge in [0.2, 0.25) is 0 Å². The van der Waals surface area contributed by atoms with Crippen molar-refractivity contribution in [1.82, 2.24) is 4.90 Å². The molecule has 0 N–H and O–H groups in total. The molecule has 122 valence electrons. The number of thioether (sulfide) groups is 1. The van der Waals surface area contributed by atoms with E-state index >= 15 is 0 Å². The van der Waals surface area contributed by atoms with E-state index in [1.165, 1.54) is 0 Å². The first-order valence-electron chi connectivity index (χ1n) is 7.02. The van der Waals surface area contributed by atoms with E-state index in [4.69, 9.17) is 17.0 Å². The number of fused-ring (bicyclic) bond motifs is 1. The van der Waals surface area contributed by atoms with Gasteiger partial charge in [0, 0.05) is 5.56 Å². The zero-order valence-electron chi connectivity index (χ0n) is 12.6. The second-order valence-corrected chi connectivity index (χ2v) is 6.72. The number of carbonyl (C=O) groups excluding carboxylic acids is 2. The van der Waals surface area contributed by atoms with E-state index in [2.05, 4.69) is 0 Å². The van der Waals surface area contributed by atoms with Gasteiger partial charge in [0.15, 0.2) is 0 Å². The van der Waals surface area contributed by atoms with Gasteiger partial charge in [-0.15, -0.1) is 0 Å². The summed E-state index contributed by atoms with van der Waals surface area (Å²) in [5.74, 6) is -1.17. The number of hydrogen-bond donors (Lipinski definition) is 0. The van der Waals surface area contributed by atoms with Gasteiger partial charge in [-0.05, 0) is 22.9 Å². The van der Waals surface area contributed by atoms with Gasteiger partial charge >= 0.3 is 0 Å². The van der Waals surface area contributed by atoms with Gasteiger partial charge in [-0.25, -0.2) is 0 Å². The van der Waals surface area contributed by atoms with Gasteiger partial charge in [0.1, 0.15) is 10.1 Å². The number of rotatable bonds is 4. The molecule has 0 spiro atoms. The molecular formula is C17H12NO4S2-. The summed E-state index contributed by atoms with van der Waals surface area (Å²) in [5, 5.41) is 12.7. The lowest BCUT2D eigenvalue weighted by Crippen LogP contribution is -2.40. The molecule has 1 heterocycles. The van der Waals surface area contributed by atoms with Crippen molar-refractivity contribution < 1.29 is 19.4 Å². The molecule has 3 rings (SSSR count). The first-order valence-corrected chi connectivity index (χ1v) is 8.24. The van der Waals surface area contributed by atoms with Crippen LogP contribution in [0.2, 0.25) is 0 Å². The van der Waals surface area contributed by atoms with Crippen LogP contribution in [0.4, 0.5) is 0 Å². The van der Waals surface area contributed by atoms with Crippen molar-refractivity contribution in [1.29, 1.82) is 0 Å². The number of ether oxygens (including phenoxy) is 1. The standard InChI is InChI=1S/C17H13NO4S2/c1-22-13-7-6-10-4-2-3-5-11(10)12(13)8-14-16(21)18(9-15(19)20)17(23)24-14/h2-8H,9H2,1H3,(H,19,20)/p-1/b14-8-. The van der Waals surface area contributed by atoms with Gasteiger partial charge < -0.3 is 14.6 Å². The number of aliphatic carboxylic acids is 1. The lowest BCUT2D eigenvalue weighted by molar-refractivity contribution is -0.305. The highest BCUT2D eigenvalue weighted by Crippen LogP contribution is 2.36. The van der Waals surface area contributed by atoms with E-state index in [1.807, 2.05) is 36.4 Å². The summed E-state index contributed by atoms with van der Waals surface area (Å²) in [5.41, 5.74) is 0.754. The molecule has 1 fully saturated rings. The summed E-state index contributed by atoms with van der Waals surface area (Å²) < 4.78 is 5.60. The number of carboxylic acid groups (broad SMARTS) is 1. The number of amides is 1. The Morgan fingerprint density at radius 3 is 2.79 bits per heavy atom. The molecule has 2 aromatic rings. The van der Waals surface area contributed by atoms with Gasteiger partial charge in [0.25, 0.3) is 5.91 Å². The van der Waals surface area contributed by atoms with Crippen LogP contribution in [0.5, 0.6) is 5.75 Å². The van der Waals surface area contributed by atoms with Crippen LogP contribution in [-0.4, -0.2) is 34.8 Å². The van der Waals surface area contributed by atoms with Crippen LogP contribution < -0.4 is 9.84 Å². The van der Waals surface area contributed by atoms with Crippen LogP contribution in [0.15, 0.2) is 41.3 Å². The van der Waals surface area contributed by atoms with Crippen LogP contribution in [0.25, 0.3) is 16.8 Å². The quantitative estimate of drug-likeness (QED) is 0.613. The minimum Gasteiger partial charge on any atom is -0.548 e. The highest BCUT2D eigenvalue weighted by atomic mass is 32.2. The van der Waals surface area contributed by atoms with Crippen LogP contribution in [0.1, 0.15) is 5.56 Å². The van der Waals surface area contributed by atoms with Crippen molar-refractivity contribution in [2.24, 2.45) is 0 Å². The van der Waals surface area contributed by atoms with Crippen LogP contribution in [-0.2, 0) is 9.59 Å². The minimum atomic E-state index is -1.35. The smallest absolute Gasteiger partial charge is 0.266 e. The number of nitrogens with zero attached hydrogens (tertiary/aromatic N) is 1. The topological polar surface area (TPSA) is 69.7 Å². The number of methoxy groups -OCH3 is 1. The first kappa shape index (κ1) is 16.5. The van der Waals surface area contributed by atoms with E-state index in [9.17, 15) is 14.7 Å². The average Bonchev–Trinajstić information content (AvgIpc) is 2.82. The summed E-state index contributed by atoms with van der Waals surface area (Å²) in [6, 6.07) is 11.5. The summed E-state index contributed by atoms with van der Waals surface area (Å²) in [4.78, 5) is 24.6. The van der Waals surface area contributed by atoms with Crippen molar-refractivity contribution in [3.8, 4) is 5.75 Å². The third-order valence-electron chi connectivity index (χ3n) is 3.59. The van der Waals surface area contributed by atoms with E-state index in [-0.39, 0.29) is 4.32 Å². The molecule has 0 bridgehead atoms. The Bertz CT molecular complexity index is 891. The summed E-state index contributed by atoms with van der Waals surface area (Å²) in [6.07, 6.45) is 1.69. The predicted octanol–water partition coefficient (Wildman–Crippen LogP) is 1.80. The molecule has 0 aromatic heterocycles. The van der Waals surface area contributed by atoms with E-state index in [0.29, 0.717) is 10.7 Å². The fraction of sp³-hybridized carbons (Fsp3) is 0.118. The zero-order chi connectivity index (χ0) is 17.3. The minimum absolute atomic E-state index is 0.203. The number of carbonyl (C=O) groups is 2. The van der Waals surface area contributed by atoms with Gasteiger partial charge in [-0.1, -0.05) is 54.3 Å². The maximum absolute atomic E-state index is 12.4. The fourth-order valence-corrected chi connectivity index (χ4v) is 3.74. The molecule has 0 unspecified atom stereocenters. The summed E-state index contributed by atoms with van der Waals surface area (Å²) in [6.45, 7) is -0.547. The van der Waals surface area contributed by atoms with Crippen molar-refractivity contribution >= 4 is 57.0 Å². The molecule has 1 aliphatic rings. The van der Waals surface area contributed by atoms with Crippen molar-refractivity contribution in [3.05, 3.63) is 46.9 Å². The zero-order valence-corrected chi connectivity index (χ0v) is 14.3. The average molecular weight is 358 g/mol. The van der Waals surface area contributed by atoms with Crippen molar-refractivity contribution in [2.75, 3.05) is 13.7 Å². The Kier molecular flexibility index (Phi) is 4.55. The number of carboxylic acids is 1. The molecule has 1 amide bonds. The van der Waals surface area contributed by atoms with Crippen molar-refractivity contribution in [3.63, 3.8) is 0 Å². The third-order valence-corrected chi connectivity index (χ3v) is 4.96. The number of benzene rings is 2. The second kappa shape index (κ2) is 6.62. The van der Waals surface area contributed by atoms with Gasteiger partial charge in [0.05, 0.1) is 24.5 Å². The Hall–Kier alpha value is -2.38. The van der Waals surface area contributed by atoms with Crippen LogP contribution in [0.3, 0.4) is 0 Å². The maximum atomic E-state index is 12.4. The lowest BCUT2D eigenvalue weighted by atomic mass is 10.0. The van der Waals surface area contributed by atoms with E-state index in [0.717, 1.165) is 33.0 Å². The second-order valence-electron chi connectivity index (χ2n) is 5.04. The number of thiocarbonyl (C=S) groups is 1. The summed E-state index contributed by atoms with van der Waals surface area (Å²) >= 11 is 6.16. The van der Waals surface area contributed by atoms with Crippen molar-refractivity contribution in [2.45, 2.75) is 0 Å². The van der Waals surface area contributed by atoms with Crippen LogP contribution >= 0.6 is 24.0 Å². The third kappa shape index (κ3) is 3.00. The fourth-order valence-electron chi connectivity index (χ4n) is 2.50. The molecule has 2 aromatic carbocycles. The molecule has 0 radical (unpaired) electrons. The molecule has 1 saturated heterocycles. The monoisotopic (exact) mass is 358 g/mol. The van der Waals surface area contributed by atoms with E-state index < -0.39 is 18.4 Å². The Morgan fingerprint density at radius 1 is 1.33 bits per heavy atom.